The van der Waals surface area contributed by atoms with E-state index in [0.717, 1.165) is 0 Å². The minimum Gasteiger partial charge on any atom is -0.124 e. The quantitative estimate of drug-likeness (QED) is 0.230. The lowest BCUT2D eigenvalue weighted by Gasteiger charge is -2.16. The zero-order chi connectivity index (χ0) is 16.8. The van der Waals surface area contributed by atoms with Gasteiger partial charge < -0.3 is 0 Å². The summed E-state index contributed by atoms with van der Waals surface area (Å²) in [4.78, 5) is 3.00. The maximum Gasteiger partial charge on any atom is 0.0293 e. The SMILES string of the molecule is CCCCSc1c(SCCCC)c2ccccc2c2ccccc12. The van der Waals surface area contributed by atoms with Crippen LogP contribution in [0.25, 0.3) is 21.5 Å². The van der Waals surface area contributed by atoms with Crippen LogP contribution in [-0.2, 0) is 0 Å². The van der Waals surface area contributed by atoms with Gasteiger partial charge in [0.05, 0.1) is 0 Å². The second-order valence-electron chi connectivity index (χ2n) is 6.15. The highest BCUT2D eigenvalue weighted by Crippen LogP contribution is 2.43. The van der Waals surface area contributed by atoms with Gasteiger partial charge in [-0.05, 0) is 45.9 Å². The van der Waals surface area contributed by atoms with Gasteiger partial charge in [-0.1, -0.05) is 75.2 Å². The molecule has 0 saturated carbocycles. The molecule has 0 heterocycles. The van der Waals surface area contributed by atoms with Gasteiger partial charge in [-0.15, -0.1) is 23.5 Å². The summed E-state index contributed by atoms with van der Waals surface area (Å²) in [6.45, 7) is 4.55. The van der Waals surface area contributed by atoms with Gasteiger partial charge in [0.2, 0.25) is 0 Å². The first-order valence-corrected chi connectivity index (χ1v) is 11.0. The van der Waals surface area contributed by atoms with Crippen LogP contribution in [0, 0.1) is 0 Å². The molecular weight excluding hydrogens is 328 g/mol. The average molecular weight is 355 g/mol. The maximum atomic E-state index is 2.31. The molecule has 0 N–H and O–H groups in total. The Morgan fingerprint density at radius 3 is 1.33 bits per heavy atom. The van der Waals surface area contributed by atoms with Crippen LogP contribution in [0.4, 0.5) is 0 Å². The summed E-state index contributed by atoms with van der Waals surface area (Å²) in [5.41, 5.74) is 0. The van der Waals surface area contributed by atoms with E-state index >= 15 is 0 Å². The monoisotopic (exact) mass is 354 g/mol. The normalized spacial score (nSPS) is 11.4. The zero-order valence-electron chi connectivity index (χ0n) is 14.7. The van der Waals surface area contributed by atoms with Crippen molar-refractivity contribution in [2.75, 3.05) is 11.5 Å². The predicted octanol–water partition coefficient (Wildman–Crippen LogP) is 7.78. The Hall–Kier alpha value is -1.12. The van der Waals surface area contributed by atoms with Crippen LogP contribution >= 0.6 is 23.5 Å². The number of unbranched alkanes of at least 4 members (excludes halogenated alkanes) is 2. The molecule has 0 amide bonds. The summed E-state index contributed by atoms with van der Waals surface area (Å²) in [7, 11) is 0. The van der Waals surface area contributed by atoms with E-state index in [2.05, 4.69) is 85.9 Å². The number of thioether (sulfide) groups is 2. The first-order valence-electron chi connectivity index (χ1n) is 9.05. The van der Waals surface area contributed by atoms with Crippen LogP contribution in [0.2, 0.25) is 0 Å². The molecule has 0 aromatic heterocycles. The van der Waals surface area contributed by atoms with Crippen molar-refractivity contribution in [3.8, 4) is 0 Å². The summed E-state index contributed by atoms with van der Waals surface area (Å²) in [5.74, 6) is 2.42. The van der Waals surface area contributed by atoms with Gasteiger partial charge in [-0.2, -0.15) is 0 Å². The highest BCUT2D eigenvalue weighted by Gasteiger charge is 2.14. The number of hydrogen-bond acceptors (Lipinski definition) is 2. The van der Waals surface area contributed by atoms with Gasteiger partial charge in [-0.3, -0.25) is 0 Å². The number of benzene rings is 3. The third kappa shape index (κ3) is 3.75. The van der Waals surface area contributed by atoms with E-state index in [4.69, 9.17) is 0 Å². The Labute approximate surface area is 154 Å². The van der Waals surface area contributed by atoms with Crippen LogP contribution in [0.5, 0.6) is 0 Å². The number of fused-ring (bicyclic) bond motifs is 3. The van der Waals surface area contributed by atoms with Crippen molar-refractivity contribution < 1.29 is 0 Å². The lowest BCUT2D eigenvalue weighted by molar-refractivity contribution is 0.894. The minimum absolute atomic E-state index is 1.21. The Morgan fingerprint density at radius 1 is 0.583 bits per heavy atom. The molecular formula is C22H26S2. The Bertz CT molecular complexity index is 739. The lowest BCUT2D eigenvalue weighted by Crippen LogP contribution is -1.90. The van der Waals surface area contributed by atoms with Crippen molar-refractivity contribution in [1.29, 1.82) is 0 Å². The first kappa shape index (κ1) is 17.7. The summed E-state index contributed by atoms with van der Waals surface area (Å²) in [6, 6.07) is 17.9. The van der Waals surface area contributed by atoms with Crippen LogP contribution < -0.4 is 0 Å². The first-order chi connectivity index (χ1) is 11.9. The van der Waals surface area contributed by atoms with Crippen LogP contribution in [0.3, 0.4) is 0 Å². The van der Waals surface area contributed by atoms with E-state index in [0.29, 0.717) is 0 Å². The standard InChI is InChI=1S/C22H26S2/c1-3-5-15-23-21-19-13-9-7-11-17(19)18-12-8-10-14-20(18)22(21)24-16-6-4-2/h7-14H,3-6,15-16H2,1-2H3. The van der Waals surface area contributed by atoms with Crippen molar-refractivity contribution in [1.82, 2.24) is 0 Å². The van der Waals surface area contributed by atoms with E-state index in [1.165, 1.54) is 68.5 Å². The molecule has 0 aliphatic carbocycles. The average Bonchev–Trinajstić information content (AvgIpc) is 2.63. The van der Waals surface area contributed by atoms with Crippen LogP contribution in [0.1, 0.15) is 39.5 Å². The molecule has 0 atom stereocenters. The summed E-state index contributed by atoms with van der Waals surface area (Å²) < 4.78 is 0. The Balaban J connectivity index is 2.18. The minimum atomic E-state index is 1.21. The number of hydrogen-bond donors (Lipinski definition) is 0. The van der Waals surface area contributed by atoms with Crippen molar-refractivity contribution in [2.45, 2.75) is 49.3 Å². The molecule has 0 aliphatic rings. The van der Waals surface area contributed by atoms with Crippen molar-refractivity contribution in [3.05, 3.63) is 48.5 Å². The van der Waals surface area contributed by atoms with Crippen molar-refractivity contribution in [2.24, 2.45) is 0 Å². The van der Waals surface area contributed by atoms with Gasteiger partial charge in [0.25, 0.3) is 0 Å². The van der Waals surface area contributed by atoms with Crippen molar-refractivity contribution in [3.63, 3.8) is 0 Å². The second-order valence-corrected chi connectivity index (χ2v) is 8.36. The van der Waals surface area contributed by atoms with E-state index in [9.17, 15) is 0 Å². The smallest absolute Gasteiger partial charge is 0.0293 e. The fraction of sp³-hybridized carbons (Fsp3) is 0.364. The fourth-order valence-electron chi connectivity index (χ4n) is 3.00. The van der Waals surface area contributed by atoms with E-state index in [1.807, 2.05) is 0 Å². The number of rotatable bonds is 8. The molecule has 0 nitrogen and oxygen atoms in total. The molecule has 0 fully saturated rings. The fourth-order valence-corrected chi connectivity index (χ4v) is 5.78. The molecule has 0 aliphatic heterocycles. The third-order valence-electron chi connectivity index (χ3n) is 4.33. The van der Waals surface area contributed by atoms with E-state index in [1.54, 1.807) is 0 Å². The van der Waals surface area contributed by atoms with Gasteiger partial charge >= 0.3 is 0 Å². The predicted molar refractivity (Wildman–Crippen MR) is 113 cm³/mol. The third-order valence-corrected chi connectivity index (χ3v) is 6.87. The molecule has 2 heteroatoms. The molecule has 0 radical (unpaired) electrons. The molecule has 0 spiro atoms. The second kappa shape index (κ2) is 8.82. The molecule has 0 unspecified atom stereocenters. The molecule has 3 aromatic rings. The highest BCUT2D eigenvalue weighted by molar-refractivity contribution is 8.02. The highest BCUT2D eigenvalue weighted by atomic mass is 32.2. The van der Waals surface area contributed by atoms with Gasteiger partial charge in [0, 0.05) is 9.79 Å². The molecule has 126 valence electrons. The maximum absolute atomic E-state index is 2.31. The van der Waals surface area contributed by atoms with Crippen molar-refractivity contribution >= 4 is 45.1 Å². The summed E-state index contributed by atoms with van der Waals surface area (Å²) >= 11 is 4.11. The summed E-state index contributed by atoms with van der Waals surface area (Å²) in [6.07, 6.45) is 5.09. The molecule has 3 rings (SSSR count). The van der Waals surface area contributed by atoms with E-state index in [-0.39, 0.29) is 0 Å². The van der Waals surface area contributed by atoms with Crippen LogP contribution in [-0.4, -0.2) is 11.5 Å². The van der Waals surface area contributed by atoms with Gasteiger partial charge in [0.15, 0.2) is 0 Å². The summed E-state index contributed by atoms with van der Waals surface area (Å²) in [5, 5.41) is 5.64. The largest absolute Gasteiger partial charge is 0.124 e. The van der Waals surface area contributed by atoms with Gasteiger partial charge in [0.1, 0.15) is 0 Å². The molecule has 0 bridgehead atoms. The Kier molecular flexibility index (Phi) is 6.51. The molecule has 0 saturated heterocycles. The van der Waals surface area contributed by atoms with Gasteiger partial charge in [-0.25, -0.2) is 0 Å². The molecule has 3 aromatic carbocycles. The van der Waals surface area contributed by atoms with Crippen LogP contribution in [0.15, 0.2) is 58.3 Å². The molecule has 24 heavy (non-hydrogen) atoms. The lowest BCUT2D eigenvalue weighted by atomic mass is 10.0. The topological polar surface area (TPSA) is 0 Å². The zero-order valence-corrected chi connectivity index (χ0v) is 16.3. The Morgan fingerprint density at radius 2 is 0.958 bits per heavy atom. The van der Waals surface area contributed by atoms with E-state index < -0.39 is 0 Å².